The topological polar surface area (TPSA) is 87.7 Å². The molecule has 2 atom stereocenters. The Balaban J connectivity index is 2.14. The highest BCUT2D eigenvalue weighted by atomic mass is 16.5. The summed E-state index contributed by atoms with van der Waals surface area (Å²) < 4.78 is 4.64. The number of hydrogen-bond acceptors (Lipinski definition) is 5. The molecule has 2 rings (SSSR count). The van der Waals surface area contributed by atoms with Gasteiger partial charge in [-0.3, -0.25) is 4.79 Å². The second kappa shape index (κ2) is 8.73. The van der Waals surface area contributed by atoms with Gasteiger partial charge in [0.25, 0.3) is 0 Å². The lowest BCUT2D eigenvalue weighted by Crippen LogP contribution is -2.47. The molecule has 132 valence electrons. The van der Waals surface area contributed by atoms with E-state index < -0.39 is 18.1 Å². The number of ether oxygens (including phenoxy) is 1. The summed E-state index contributed by atoms with van der Waals surface area (Å²) in [5, 5.41) is 15.2. The Labute approximate surface area is 146 Å². The molecular weight excluding hydrogens is 320 g/mol. The number of hydrogen-bond donors (Lipinski definition) is 3. The minimum Gasteiger partial charge on any atom is -0.508 e. The van der Waals surface area contributed by atoms with E-state index in [1.165, 1.54) is 7.11 Å². The number of methoxy groups -OCH3 is 1. The highest BCUT2D eigenvalue weighted by Crippen LogP contribution is 2.14. The van der Waals surface area contributed by atoms with Crippen molar-refractivity contribution in [1.82, 2.24) is 5.32 Å². The molecule has 2 aromatic rings. The van der Waals surface area contributed by atoms with Gasteiger partial charge in [0, 0.05) is 12.1 Å². The molecule has 0 saturated heterocycles. The van der Waals surface area contributed by atoms with E-state index in [1.54, 1.807) is 31.2 Å². The van der Waals surface area contributed by atoms with E-state index in [4.69, 9.17) is 0 Å². The van der Waals surface area contributed by atoms with Crippen molar-refractivity contribution < 1.29 is 19.4 Å². The number of rotatable bonds is 7. The number of aromatic hydroxyl groups is 1. The third-order valence-corrected chi connectivity index (χ3v) is 3.72. The van der Waals surface area contributed by atoms with Gasteiger partial charge in [0.1, 0.15) is 17.8 Å². The highest BCUT2D eigenvalue weighted by molar-refractivity contribution is 5.89. The number of amides is 1. The van der Waals surface area contributed by atoms with Gasteiger partial charge in [-0.05, 0) is 36.8 Å². The average molecular weight is 342 g/mol. The first-order chi connectivity index (χ1) is 12.0. The Morgan fingerprint density at radius 2 is 1.72 bits per heavy atom. The van der Waals surface area contributed by atoms with Crippen LogP contribution in [0.2, 0.25) is 0 Å². The molecule has 0 aliphatic heterocycles. The van der Waals surface area contributed by atoms with Gasteiger partial charge in [0.05, 0.1) is 7.11 Å². The van der Waals surface area contributed by atoms with E-state index >= 15 is 0 Å². The van der Waals surface area contributed by atoms with E-state index in [9.17, 15) is 14.7 Å². The molecule has 1 amide bonds. The fourth-order valence-electron chi connectivity index (χ4n) is 2.36. The minimum absolute atomic E-state index is 0.167. The van der Waals surface area contributed by atoms with Crippen LogP contribution >= 0.6 is 0 Å². The van der Waals surface area contributed by atoms with Gasteiger partial charge >= 0.3 is 5.97 Å². The molecule has 0 aromatic heterocycles. The molecule has 6 heteroatoms. The molecule has 6 nitrogen and oxygen atoms in total. The SMILES string of the molecule is COC(=O)[C@H](C)NC(=O)[C@H](Cc1ccc(O)cc1)Nc1ccccc1. The number of anilines is 1. The summed E-state index contributed by atoms with van der Waals surface area (Å²) in [5.74, 6) is -0.647. The summed E-state index contributed by atoms with van der Waals surface area (Å²) >= 11 is 0. The van der Waals surface area contributed by atoms with Gasteiger partial charge in [0.15, 0.2) is 0 Å². The van der Waals surface area contributed by atoms with E-state index in [1.807, 2.05) is 30.3 Å². The largest absolute Gasteiger partial charge is 0.508 e. The fourth-order valence-corrected chi connectivity index (χ4v) is 2.36. The van der Waals surface area contributed by atoms with E-state index in [0.29, 0.717) is 6.42 Å². The highest BCUT2D eigenvalue weighted by Gasteiger charge is 2.23. The summed E-state index contributed by atoms with van der Waals surface area (Å²) in [4.78, 5) is 24.2. The summed E-state index contributed by atoms with van der Waals surface area (Å²) in [5.41, 5.74) is 1.68. The second-order valence-electron chi connectivity index (χ2n) is 5.69. The van der Waals surface area contributed by atoms with Gasteiger partial charge in [-0.2, -0.15) is 0 Å². The second-order valence-corrected chi connectivity index (χ2v) is 5.69. The first-order valence-electron chi connectivity index (χ1n) is 7.97. The van der Waals surface area contributed by atoms with Crippen LogP contribution in [0.1, 0.15) is 12.5 Å². The number of nitrogens with one attached hydrogen (secondary N) is 2. The lowest BCUT2D eigenvalue weighted by molar-refractivity contribution is -0.144. The molecule has 0 bridgehead atoms. The van der Waals surface area contributed by atoms with Crippen molar-refractivity contribution in [2.24, 2.45) is 0 Å². The van der Waals surface area contributed by atoms with Crippen LogP contribution in [0, 0.1) is 0 Å². The quantitative estimate of drug-likeness (QED) is 0.671. The maximum Gasteiger partial charge on any atom is 0.328 e. The van der Waals surface area contributed by atoms with Crippen LogP contribution in [0.3, 0.4) is 0 Å². The number of carbonyl (C=O) groups is 2. The molecule has 0 fully saturated rings. The summed E-state index contributed by atoms with van der Waals surface area (Å²) in [7, 11) is 1.28. The van der Waals surface area contributed by atoms with Crippen LogP contribution in [0.4, 0.5) is 5.69 Å². The van der Waals surface area contributed by atoms with Crippen molar-refractivity contribution in [3.63, 3.8) is 0 Å². The molecule has 3 N–H and O–H groups in total. The normalized spacial score (nSPS) is 12.7. The van der Waals surface area contributed by atoms with Crippen LogP contribution in [-0.2, 0) is 20.7 Å². The van der Waals surface area contributed by atoms with E-state index in [0.717, 1.165) is 11.3 Å². The monoisotopic (exact) mass is 342 g/mol. The summed E-state index contributed by atoms with van der Waals surface area (Å²) in [6, 6.07) is 14.7. The van der Waals surface area contributed by atoms with Crippen LogP contribution in [0.5, 0.6) is 5.75 Å². The molecule has 0 radical (unpaired) electrons. The van der Waals surface area contributed by atoms with Crippen molar-refractivity contribution in [1.29, 1.82) is 0 Å². The number of carbonyl (C=O) groups excluding carboxylic acids is 2. The average Bonchev–Trinajstić information content (AvgIpc) is 2.63. The zero-order valence-electron chi connectivity index (χ0n) is 14.2. The smallest absolute Gasteiger partial charge is 0.328 e. The van der Waals surface area contributed by atoms with Gasteiger partial charge in [0.2, 0.25) is 5.91 Å². The van der Waals surface area contributed by atoms with Gasteiger partial charge in [-0.1, -0.05) is 30.3 Å². The van der Waals surface area contributed by atoms with Crippen molar-refractivity contribution in [3.8, 4) is 5.75 Å². The van der Waals surface area contributed by atoms with Crippen LogP contribution in [0.25, 0.3) is 0 Å². The first-order valence-corrected chi connectivity index (χ1v) is 7.97. The van der Waals surface area contributed by atoms with Gasteiger partial charge < -0.3 is 20.5 Å². The number of phenols is 1. The molecule has 0 heterocycles. The Morgan fingerprint density at radius 1 is 1.08 bits per heavy atom. The van der Waals surface area contributed by atoms with Gasteiger partial charge in [-0.15, -0.1) is 0 Å². The first kappa shape index (κ1) is 18.3. The van der Waals surface area contributed by atoms with Crippen LogP contribution in [0.15, 0.2) is 54.6 Å². The zero-order chi connectivity index (χ0) is 18.2. The van der Waals surface area contributed by atoms with Crippen LogP contribution < -0.4 is 10.6 Å². The number of esters is 1. The van der Waals surface area contributed by atoms with E-state index in [2.05, 4.69) is 15.4 Å². The third kappa shape index (κ3) is 5.53. The molecule has 0 spiro atoms. The maximum absolute atomic E-state index is 12.6. The predicted octanol–water partition coefficient (Wildman–Crippen LogP) is 2.09. The van der Waals surface area contributed by atoms with Crippen molar-refractivity contribution >= 4 is 17.6 Å². The Hall–Kier alpha value is -3.02. The maximum atomic E-state index is 12.6. The van der Waals surface area contributed by atoms with Gasteiger partial charge in [-0.25, -0.2) is 4.79 Å². The summed E-state index contributed by atoms with van der Waals surface area (Å²) in [6.07, 6.45) is 0.398. The van der Waals surface area contributed by atoms with Crippen LogP contribution in [-0.4, -0.2) is 36.2 Å². The molecule has 2 aromatic carbocycles. The number of phenolic OH excluding ortho intramolecular Hbond substituents is 1. The molecule has 25 heavy (non-hydrogen) atoms. The van der Waals surface area contributed by atoms with Crippen molar-refractivity contribution in [2.45, 2.75) is 25.4 Å². The predicted molar refractivity (Wildman–Crippen MR) is 95.3 cm³/mol. The fraction of sp³-hybridized carbons (Fsp3) is 0.263. The lowest BCUT2D eigenvalue weighted by atomic mass is 10.0. The summed E-state index contributed by atoms with van der Waals surface area (Å²) in [6.45, 7) is 1.57. The molecule has 0 saturated carbocycles. The molecular formula is C19H22N2O4. The van der Waals surface area contributed by atoms with Crippen molar-refractivity contribution in [2.75, 3.05) is 12.4 Å². The lowest BCUT2D eigenvalue weighted by Gasteiger charge is -2.21. The molecule has 0 unspecified atom stereocenters. The number of benzene rings is 2. The molecule has 0 aliphatic rings. The Bertz CT molecular complexity index is 701. The molecule has 0 aliphatic carbocycles. The Morgan fingerprint density at radius 3 is 2.32 bits per heavy atom. The zero-order valence-corrected chi connectivity index (χ0v) is 14.2. The van der Waals surface area contributed by atoms with Crippen molar-refractivity contribution in [3.05, 3.63) is 60.2 Å². The minimum atomic E-state index is -0.739. The third-order valence-electron chi connectivity index (χ3n) is 3.72. The Kier molecular flexibility index (Phi) is 6.39. The van der Waals surface area contributed by atoms with E-state index in [-0.39, 0.29) is 11.7 Å². The standard InChI is InChI=1S/C19H22N2O4/c1-13(19(24)25-2)20-18(23)17(21-15-6-4-3-5-7-15)12-14-8-10-16(22)11-9-14/h3-11,13,17,21-22H,12H2,1-2H3,(H,20,23)/t13-,17-/m0/s1. The number of para-hydroxylation sites is 1.